The van der Waals surface area contributed by atoms with Crippen LogP contribution in [0.25, 0.3) is 0 Å². The topological polar surface area (TPSA) is 70.4 Å². The van der Waals surface area contributed by atoms with E-state index in [1.54, 1.807) is 24.7 Å². The first-order valence-corrected chi connectivity index (χ1v) is 9.51. The molecule has 26 heavy (non-hydrogen) atoms. The molecule has 0 spiro atoms. The standard InChI is InChI=1S/C20H28N4O2/c25-19-10-5-4-7-17(19)15-24(18-8-2-1-3-9-18)20(26)22-11-6-13-23-14-12-21-16-23/h4-5,7,10,12,14,16,18,25H,1-3,6,8-9,11,13,15H2,(H,22,26). The number of amides is 2. The monoisotopic (exact) mass is 356 g/mol. The number of aromatic hydroxyl groups is 1. The molecule has 0 radical (unpaired) electrons. The van der Waals surface area contributed by atoms with Gasteiger partial charge in [-0.3, -0.25) is 0 Å². The molecule has 0 atom stereocenters. The average molecular weight is 356 g/mol. The smallest absolute Gasteiger partial charge is 0.317 e. The lowest BCUT2D eigenvalue weighted by atomic mass is 9.94. The van der Waals surface area contributed by atoms with E-state index < -0.39 is 0 Å². The molecule has 1 aliphatic carbocycles. The molecule has 1 aromatic heterocycles. The van der Waals surface area contributed by atoms with Gasteiger partial charge in [-0.2, -0.15) is 0 Å². The van der Waals surface area contributed by atoms with Crippen LogP contribution in [0.2, 0.25) is 0 Å². The molecule has 0 aliphatic heterocycles. The van der Waals surface area contributed by atoms with E-state index in [2.05, 4.69) is 10.3 Å². The van der Waals surface area contributed by atoms with Crippen LogP contribution in [0.5, 0.6) is 5.75 Å². The van der Waals surface area contributed by atoms with E-state index in [1.165, 1.54) is 6.42 Å². The van der Waals surface area contributed by atoms with Crippen LogP contribution in [0, 0.1) is 0 Å². The number of urea groups is 1. The van der Waals surface area contributed by atoms with Gasteiger partial charge in [0.2, 0.25) is 0 Å². The van der Waals surface area contributed by atoms with Gasteiger partial charge in [-0.25, -0.2) is 9.78 Å². The predicted octanol–water partition coefficient (Wildman–Crippen LogP) is 3.52. The van der Waals surface area contributed by atoms with Crippen LogP contribution >= 0.6 is 0 Å². The maximum atomic E-state index is 12.8. The Labute approximate surface area is 154 Å². The lowest BCUT2D eigenvalue weighted by molar-refractivity contribution is 0.150. The molecule has 2 aromatic rings. The molecular weight excluding hydrogens is 328 g/mol. The second kappa shape index (κ2) is 9.27. The summed E-state index contributed by atoms with van der Waals surface area (Å²) in [5, 5.41) is 13.1. The largest absolute Gasteiger partial charge is 0.508 e. The number of nitrogens with one attached hydrogen (secondary N) is 1. The number of aryl methyl sites for hydroxylation is 1. The molecule has 0 saturated heterocycles. The Kier molecular flexibility index (Phi) is 6.52. The number of benzene rings is 1. The van der Waals surface area contributed by atoms with Crippen molar-refractivity contribution in [1.82, 2.24) is 19.8 Å². The molecule has 140 valence electrons. The van der Waals surface area contributed by atoms with E-state index in [-0.39, 0.29) is 17.8 Å². The number of phenols is 1. The summed E-state index contributed by atoms with van der Waals surface area (Å²) in [5.41, 5.74) is 0.798. The third-order valence-electron chi connectivity index (χ3n) is 5.04. The fraction of sp³-hybridized carbons (Fsp3) is 0.500. The molecule has 6 heteroatoms. The molecule has 2 amide bonds. The Morgan fingerprint density at radius 2 is 2.08 bits per heavy atom. The summed E-state index contributed by atoms with van der Waals surface area (Å²) in [7, 11) is 0. The Balaban J connectivity index is 1.58. The minimum Gasteiger partial charge on any atom is -0.508 e. The highest BCUT2D eigenvalue weighted by Gasteiger charge is 2.26. The highest BCUT2D eigenvalue weighted by atomic mass is 16.3. The number of hydrogen-bond donors (Lipinski definition) is 2. The van der Waals surface area contributed by atoms with Gasteiger partial charge in [0.05, 0.1) is 12.9 Å². The van der Waals surface area contributed by atoms with Crippen LogP contribution < -0.4 is 5.32 Å². The Bertz CT molecular complexity index is 681. The highest BCUT2D eigenvalue weighted by molar-refractivity contribution is 5.74. The fourth-order valence-electron chi connectivity index (χ4n) is 3.56. The van der Waals surface area contributed by atoms with Crippen LogP contribution in [-0.4, -0.2) is 38.2 Å². The zero-order valence-corrected chi connectivity index (χ0v) is 15.2. The number of para-hydroxylation sites is 1. The molecular formula is C20H28N4O2. The number of nitrogens with zero attached hydrogens (tertiary/aromatic N) is 3. The lowest BCUT2D eigenvalue weighted by Crippen LogP contribution is -2.46. The van der Waals surface area contributed by atoms with Gasteiger partial charge in [-0.05, 0) is 25.3 Å². The average Bonchev–Trinajstić information content (AvgIpc) is 3.18. The number of imidazole rings is 1. The number of rotatable bonds is 7. The number of aromatic nitrogens is 2. The van der Waals surface area contributed by atoms with Crippen molar-refractivity contribution >= 4 is 6.03 Å². The molecule has 1 aromatic carbocycles. The number of carbonyl (C=O) groups is 1. The summed E-state index contributed by atoms with van der Waals surface area (Å²) in [4.78, 5) is 18.8. The van der Waals surface area contributed by atoms with E-state index in [0.717, 1.165) is 44.2 Å². The zero-order chi connectivity index (χ0) is 18.2. The van der Waals surface area contributed by atoms with Crippen molar-refractivity contribution in [1.29, 1.82) is 0 Å². The van der Waals surface area contributed by atoms with E-state index in [0.29, 0.717) is 13.1 Å². The molecule has 3 rings (SSSR count). The van der Waals surface area contributed by atoms with E-state index in [1.807, 2.05) is 27.8 Å². The van der Waals surface area contributed by atoms with E-state index in [4.69, 9.17) is 0 Å². The third-order valence-corrected chi connectivity index (χ3v) is 5.04. The number of phenolic OH excluding ortho intramolecular Hbond substituents is 1. The van der Waals surface area contributed by atoms with Crippen molar-refractivity contribution in [2.45, 2.75) is 57.7 Å². The van der Waals surface area contributed by atoms with Crippen molar-refractivity contribution in [3.63, 3.8) is 0 Å². The summed E-state index contributed by atoms with van der Waals surface area (Å²) in [6.45, 7) is 1.91. The minimum atomic E-state index is -0.0363. The van der Waals surface area contributed by atoms with E-state index in [9.17, 15) is 9.90 Å². The van der Waals surface area contributed by atoms with Crippen LogP contribution in [0.1, 0.15) is 44.1 Å². The fourth-order valence-corrected chi connectivity index (χ4v) is 3.56. The third kappa shape index (κ3) is 5.00. The first-order valence-electron chi connectivity index (χ1n) is 9.51. The summed E-state index contributed by atoms with van der Waals surface area (Å²) in [5.74, 6) is 0.251. The van der Waals surface area contributed by atoms with Crippen LogP contribution in [0.4, 0.5) is 4.79 Å². The van der Waals surface area contributed by atoms with Gasteiger partial charge < -0.3 is 19.9 Å². The predicted molar refractivity (Wildman–Crippen MR) is 101 cm³/mol. The van der Waals surface area contributed by atoms with Gasteiger partial charge in [0.25, 0.3) is 0 Å². The normalized spacial score (nSPS) is 14.9. The first kappa shape index (κ1) is 18.3. The van der Waals surface area contributed by atoms with Crippen LogP contribution in [0.15, 0.2) is 43.0 Å². The van der Waals surface area contributed by atoms with Gasteiger partial charge in [0.1, 0.15) is 5.75 Å². The molecule has 1 fully saturated rings. The van der Waals surface area contributed by atoms with Gasteiger partial charge in [0, 0.05) is 37.1 Å². The van der Waals surface area contributed by atoms with Crippen molar-refractivity contribution < 1.29 is 9.90 Å². The van der Waals surface area contributed by atoms with E-state index >= 15 is 0 Å². The molecule has 0 unspecified atom stereocenters. The second-order valence-electron chi connectivity index (χ2n) is 6.93. The SMILES string of the molecule is O=C(NCCCn1ccnc1)N(Cc1ccccc1O)C1CCCCC1. The number of carbonyl (C=O) groups excluding carboxylic acids is 1. The van der Waals surface area contributed by atoms with Crippen LogP contribution in [-0.2, 0) is 13.1 Å². The van der Waals surface area contributed by atoms with Gasteiger partial charge in [-0.1, -0.05) is 37.5 Å². The first-order chi connectivity index (χ1) is 12.7. The second-order valence-corrected chi connectivity index (χ2v) is 6.93. The summed E-state index contributed by atoms with van der Waals surface area (Å²) in [6, 6.07) is 7.48. The Hall–Kier alpha value is -2.50. The molecule has 1 aliphatic rings. The molecule has 6 nitrogen and oxygen atoms in total. The molecule has 0 bridgehead atoms. The maximum absolute atomic E-state index is 12.8. The van der Waals surface area contributed by atoms with Gasteiger partial charge in [0.15, 0.2) is 0 Å². The Morgan fingerprint density at radius 1 is 1.27 bits per heavy atom. The van der Waals surface area contributed by atoms with Gasteiger partial charge in [-0.15, -0.1) is 0 Å². The number of hydrogen-bond acceptors (Lipinski definition) is 3. The molecule has 2 N–H and O–H groups in total. The highest BCUT2D eigenvalue weighted by Crippen LogP contribution is 2.26. The van der Waals surface area contributed by atoms with Crippen molar-refractivity contribution in [2.24, 2.45) is 0 Å². The molecule has 1 heterocycles. The minimum absolute atomic E-state index is 0.0363. The van der Waals surface area contributed by atoms with Crippen molar-refractivity contribution in [3.05, 3.63) is 48.5 Å². The quantitative estimate of drug-likeness (QED) is 0.746. The summed E-state index contributed by atoms with van der Waals surface area (Å²) in [6.07, 6.45) is 12.0. The maximum Gasteiger partial charge on any atom is 0.317 e. The zero-order valence-electron chi connectivity index (χ0n) is 15.2. The van der Waals surface area contributed by atoms with Crippen molar-refractivity contribution in [3.8, 4) is 5.75 Å². The summed E-state index contributed by atoms with van der Waals surface area (Å²) >= 11 is 0. The summed E-state index contributed by atoms with van der Waals surface area (Å²) < 4.78 is 2.01. The Morgan fingerprint density at radius 3 is 2.81 bits per heavy atom. The van der Waals surface area contributed by atoms with Crippen LogP contribution in [0.3, 0.4) is 0 Å². The van der Waals surface area contributed by atoms with Gasteiger partial charge >= 0.3 is 6.03 Å². The molecule has 1 saturated carbocycles. The lowest BCUT2D eigenvalue weighted by Gasteiger charge is -2.34. The van der Waals surface area contributed by atoms with Crippen molar-refractivity contribution in [2.75, 3.05) is 6.54 Å².